The fraction of sp³-hybridized carbons (Fsp3) is 0.348. The Kier molecular flexibility index (Phi) is 4.53. The van der Waals surface area contributed by atoms with E-state index in [1.54, 1.807) is 12.1 Å². The van der Waals surface area contributed by atoms with Crippen LogP contribution in [-0.2, 0) is 9.53 Å². The molecule has 1 aliphatic carbocycles. The summed E-state index contributed by atoms with van der Waals surface area (Å²) in [5.41, 5.74) is 3.03. The molecule has 5 rings (SSSR count). The number of hydrogen-bond acceptors (Lipinski definition) is 4. The predicted molar refractivity (Wildman–Crippen MR) is 115 cm³/mol. The van der Waals surface area contributed by atoms with Crippen molar-refractivity contribution in [2.24, 2.45) is 11.8 Å². The van der Waals surface area contributed by atoms with Crippen LogP contribution in [0, 0.1) is 25.7 Å². The lowest BCUT2D eigenvalue weighted by atomic mass is 9.80. The third kappa shape index (κ3) is 2.94. The third-order valence-corrected chi connectivity index (χ3v) is 7.06. The average Bonchev–Trinajstić information content (AvgIpc) is 3.33. The van der Waals surface area contributed by atoms with Crippen LogP contribution in [0.4, 0.5) is 0 Å². The fourth-order valence-electron chi connectivity index (χ4n) is 5.13. The predicted octanol–water partition coefficient (Wildman–Crippen LogP) is 6.16. The maximum absolute atomic E-state index is 13.2. The Balaban J connectivity index is 1.51. The molecular weight excluding hydrogens is 456 g/mol. The number of carbonyl (C=O) groups excluding carboxylic acids is 1. The van der Waals surface area contributed by atoms with E-state index in [0.717, 1.165) is 34.0 Å². The Labute approximate surface area is 182 Å². The van der Waals surface area contributed by atoms with Gasteiger partial charge in [0.1, 0.15) is 17.3 Å². The maximum Gasteiger partial charge on any atom is 0.173 e. The van der Waals surface area contributed by atoms with Crippen LogP contribution < -0.4 is 4.74 Å². The van der Waals surface area contributed by atoms with Crippen molar-refractivity contribution in [2.45, 2.75) is 38.9 Å². The Morgan fingerprint density at radius 3 is 2.38 bits per heavy atom. The summed E-state index contributed by atoms with van der Waals surface area (Å²) in [5.74, 6) is 0.983. The minimum atomic E-state index is -0.236. The number of aliphatic hydroxyl groups excluding tert-OH is 1. The standard InChI is InChI=1S/C23H20BrClO4/c1-10-7-13(28-15-4-3-12(24)9-14(15)25)8-11(2)18(10)21-22(26)19-16-5-6-17(29-16)20(19)23(21)27/h3-4,7-9,16-17,19-20,26H,5-6H2,1-2H3/t16-,17+,19+,20-/m0/s1. The highest BCUT2D eigenvalue weighted by Gasteiger charge is 2.59. The van der Waals surface area contributed by atoms with Crippen LogP contribution in [0.15, 0.2) is 40.6 Å². The van der Waals surface area contributed by atoms with Crippen molar-refractivity contribution in [3.63, 3.8) is 0 Å². The number of allylic oxidation sites excluding steroid dienone is 1. The molecule has 2 bridgehead atoms. The first-order chi connectivity index (χ1) is 13.8. The van der Waals surface area contributed by atoms with E-state index in [9.17, 15) is 9.90 Å². The normalized spacial score (nSPS) is 27.7. The molecule has 150 valence electrons. The number of ketones is 1. The van der Waals surface area contributed by atoms with Gasteiger partial charge in [-0.2, -0.15) is 0 Å². The number of halogens is 2. The monoisotopic (exact) mass is 474 g/mol. The molecular formula is C23H20BrClO4. The summed E-state index contributed by atoms with van der Waals surface area (Å²) in [7, 11) is 0. The number of ether oxygens (including phenoxy) is 2. The number of benzene rings is 2. The van der Waals surface area contributed by atoms with Gasteiger partial charge >= 0.3 is 0 Å². The highest BCUT2D eigenvalue weighted by molar-refractivity contribution is 9.10. The van der Waals surface area contributed by atoms with Gasteiger partial charge in [-0.3, -0.25) is 4.79 Å². The molecule has 2 aliphatic heterocycles. The second-order valence-corrected chi connectivity index (χ2v) is 9.40. The molecule has 2 saturated heterocycles. The Bertz CT molecular complexity index is 1050. The number of carbonyl (C=O) groups is 1. The molecule has 0 unspecified atom stereocenters. The van der Waals surface area contributed by atoms with E-state index in [1.807, 2.05) is 32.0 Å². The first-order valence-corrected chi connectivity index (χ1v) is 10.9. The van der Waals surface area contributed by atoms with Crippen molar-refractivity contribution in [2.75, 3.05) is 0 Å². The SMILES string of the molecule is Cc1cc(Oc2ccc(Br)cc2Cl)cc(C)c1C1=C(O)[C@H]2[C@@H](C1=O)[C@H]1CC[C@@H]2O1. The van der Waals surface area contributed by atoms with E-state index in [1.165, 1.54) is 0 Å². The molecule has 2 fully saturated rings. The van der Waals surface area contributed by atoms with Crippen LogP contribution in [0.2, 0.25) is 5.02 Å². The van der Waals surface area contributed by atoms with Crippen molar-refractivity contribution >= 4 is 38.9 Å². The second kappa shape index (κ2) is 6.86. The summed E-state index contributed by atoms with van der Waals surface area (Å²) < 4.78 is 12.7. The van der Waals surface area contributed by atoms with E-state index in [0.29, 0.717) is 22.1 Å². The molecule has 0 radical (unpaired) electrons. The van der Waals surface area contributed by atoms with Gasteiger partial charge in [-0.1, -0.05) is 27.5 Å². The quantitative estimate of drug-likeness (QED) is 0.578. The fourth-order valence-corrected chi connectivity index (χ4v) is 5.84. The van der Waals surface area contributed by atoms with Crippen LogP contribution in [0.25, 0.3) is 5.57 Å². The summed E-state index contributed by atoms with van der Waals surface area (Å²) in [5, 5.41) is 11.5. The summed E-state index contributed by atoms with van der Waals surface area (Å²) in [6.45, 7) is 3.87. The van der Waals surface area contributed by atoms with Gasteiger partial charge < -0.3 is 14.6 Å². The lowest BCUT2D eigenvalue weighted by Crippen LogP contribution is -2.29. The highest BCUT2D eigenvalue weighted by Crippen LogP contribution is 2.54. The topological polar surface area (TPSA) is 55.8 Å². The molecule has 29 heavy (non-hydrogen) atoms. The number of aryl methyl sites for hydroxylation is 2. The van der Waals surface area contributed by atoms with E-state index in [2.05, 4.69) is 15.9 Å². The summed E-state index contributed by atoms with van der Waals surface area (Å²) in [4.78, 5) is 13.2. The van der Waals surface area contributed by atoms with Gasteiger partial charge in [0, 0.05) is 4.47 Å². The Hall–Kier alpha value is -1.82. The van der Waals surface area contributed by atoms with Crippen molar-refractivity contribution in [3.8, 4) is 11.5 Å². The largest absolute Gasteiger partial charge is 0.511 e. The minimum absolute atomic E-state index is 0.00974. The van der Waals surface area contributed by atoms with E-state index in [4.69, 9.17) is 21.1 Å². The van der Waals surface area contributed by atoms with Crippen molar-refractivity contribution < 1.29 is 19.4 Å². The zero-order valence-corrected chi connectivity index (χ0v) is 18.4. The molecule has 0 saturated carbocycles. The molecule has 4 atom stereocenters. The minimum Gasteiger partial charge on any atom is -0.511 e. The van der Waals surface area contributed by atoms with Gasteiger partial charge in [-0.25, -0.2) is 0 Å². The van der Waals surface area contributed by atoms with Gasteiger partial charge in [0.25, 0.3) is 0 Å². The van der Waals surface area contributed by atoms with E-state index < -0.39 is 0 Å². The first kappa shape index (κ1) is 19.2. The van der Waals surface area contributed by atoms with Gasteiger partial charge in [0.15, 0.2) is 5.78 Å². The first-order valence-electron chi connectivity index (χ1n) is 9.72. The van der Waals surface area contributed by atoms with Crippen LogP contribution in [-0.4, -0.2) is 23.1 Å². The summed E-state index contributed by atoms with van der Waals surface area (Å²) in [6, 6.07) is 9.21. The zero-order valence-electron chi connectivity index (χ0n) is 16.0. The molecule has 2 aromatic rings. The molecule has 0 amide bonds. The number of Topliss-reactive ketones (excluding diaryl/α,β-unsaturated/α-hetero) is 1. The molecule has 4 nitrogen and oxygen atoms in total. The molecule has 3 aliphatic rings. The zero-order chi connectivity index (χ0) is 20.4. The van der Waals surface area contributed by atoms with Gasteiger partial charge in [0.2, 0.25) is 0 Å². The smallest absolute Gasteiger partial charge is 0.173 e. The maximum atomic E-state index is 13.2. The number of aliphatic hydroxyl groups is 1. The Morgan fingerprint density at radius 1 is 1.10 bits per heavy atom. The third-order valence-electron chi connectivity index (χ3n) is 6.27. The number of rotatable bonds is 3. The lowest BCUT2D eigenvalue weighted by Gasteiger charge is -2.19. The summed E-state index contributed by atoms with van der Waals surface area (Å²) in [6.07, 6.45) is 1.72. The second-order valence-electron chi connectivity index (χ2n) is 8.08. The van der Waals surface area contributed by atoms with Crippen molar-refractivity contribution in [3.05, 3.63) is 62.3 Å². The van der Waals surface area contributed by atoms with E-state index in [-0.39, 0.29) is 35.6 Å². The van der Waals surface area contributed by atoms with Crippen LogP contribution in [0.5, 0.6) is 11.5 Å². The molecule has 2 aromatic carbocycles. The average molecular weight is 476 g/mol. The molecule has 6 heteroatoms. The molecule has 1 N–H and O–H groups in total. The molecule has 2 heterocycles. The van der Waals surface area contributed by atoms with Crippen molar-refractivity contribution in [1.29, 1.82) is 0 Å². The Morgan fingerprint density at radius 2 is 1.76 bits per heavy atom. The number of hydrogen-bond donors (Lipinski definition) is 1. The number of fused-ring (bicyclic) bond motifs is 5. The van der Waals surface area contributed by atoms with Crippen LogP contribution in [0.3, 0.4) is 0 Å². The van der Waals surface area contributed by atoms with Gasteiger partial charge in [-0.05, 0) is 73.7 Å². The summed E-state index contributed by atoms with van der Waals surface area (Å²) >= 11 is 9.65. The van der Waals surface area contributed by atoms with Crippen LogP contribution >= 0.6 is 27.5 Å². The van der Waals surface area contributed by atoms with Crippen molar-refractivity contribution in [1.82, 2.24) is 0 Å². The lowest BCUT2D eigenvalue weighted by molar-refractivity contribution is -0.118. The van der Waals surface area contributed by atoms with Gasteiger partial charge in [-0.15, -0.1) is 0 Å². The highest BCUT2D eigenvalue weighted by atomic mass is 79.9. The van der Waals surface area contributed by atoms with E-state index >= 15 is 0 Å². The molecule has 0 spiro atoms. The molecule has 0 aromatic heterocycles. The van der Waals surface area contributed by atoms with Crippen LogP contribution in [0.1, 0.15) is 29.5 Å². The van der Waals surface area contributed by atoms with Gasteiger partial charge in [0.05, 0.1) is 34.6 Å².